The van der Waals surface area contributed by atoms with Crippen LogP contribution < -0.4 is 4.90 Å². The number of non-ortho nitro benzene ring substituents is 1. The summed E-state index contributed by atoms with van der Waals surface area (Å²) in [6.45, 7) is 1.52. The summed E-state index contributed by atoms with van der Waals surface area (Å²) in [5.74, 6) is 0. The number of nitro groups is 1. The number of nitrogens with zero attached hydrogens (tertiary/aromatic N) is 6. The number of hydrogen-bond donors (Lipinski definition) is 0. The zero-order valence-corrected chi connectivity index (χ0v) is 11.8. The first kappa shape index (κ1) is 14.0. The number of benzene rings is 1. The summed E-state index contributed by atoms with van der Waals surface area (Å²) in [6.07, 6.45) is 5.15. The van der Waals surface area contributed by atoms with E-state index in [0.717, 1.165) is 25.1 Å². The molecule has 0 aliphatic carbocycles. The lowest BCUT2D eigenvalue weighted by atomic mass is 10.0. The van der Waals surface area contributed by atoms with E-state index < -0.39 is 4.92 Å². The first-order valence-corrected chi connectivity index (χ1v) is 6.96. The van der Waals surface area contributed by atoms with Crippen molar-refractivity contribution in [2.45, 2.75) is 18.9 Å². The van der Waals surface area contributed by atoms with Gasteiger partial charge in [0.2, 0.25) is 0 Å². The van der Waals surface area contributed by atoms with Crippen LogP contribution in [-0.2, 0) is 0 Å². The zero-order chi connectivity index (χ0) is 15.5. The van der Waals surface area contributed by atoms with Gasteiger partial charge in [0, 0.05) is 25.2 Å². The molecule has 8 nitrogen and oxygen atoms in total. The Morgan fingerprint density at radius 2 is 2.32 bits per heavy atom. The van der Waals surface area contributed by atoms with Crippen LogP contribution in [0, 0.1) is 21.4 Å². The quantitative estimate of drug-likeness (QED) is 0.633. The summed E-state index contributed by atoms with van der Waals surface area (Å²) in [6, 6.07) is 6.67. The van der Waals surface area contributed by atoms with Gasteiger partial charge >= 0.3 is 0 Å². The van der Waals surface area contributed by atoms with E-state index in [0.29, 0.717) is 12.1 Å². The van der Waals surface area contributed by atoms with Crippen molar-refractivity contribution in [1.82, 2.24) is 14.8 Å². The third-order valence-electron chi connectivity index (χ3n) is 3.86. The Balaban J connectivity index is 1.87. The number of hydrogen-bond acceptors (Lipinski definition) is 6. The van der Waals surface area contributed by atoms with Gasteiger partial charge in [-0.15, -0.1) is 0 Å². The van der Waals surface area contributed by atoms with Gasteiger partial charge in [-0.05, 0) is 18.9 Å². The van der Waals surface area contributed by atoms with Gasteiger partial charge in [-0.1, -0.05) is 0 Å². The average molecular weight is 298 g/mol. The summed E-state index contributed by atoms with van der Waals surface area (Å²) in [5, 5.41) is 24.3. The molecule has 1 aromatic heterocycles. The molecule has 1 aliphatic heterocycles. The number of anilines is 1. The first-order chi connectivity index (χ1) is 10.7. The van der Waals surface area contributed by atoms with Gasteiger partial charge in [-0.2, -0.15) is 10.4 Å². The number of nitriles is 1. The van der Waals surface area contributed by atoms with E-state index in [1.807, 2.05) is 4.68 Å². The predicted molar refractivity (Wildman–Crippen MR) is 78.3 cm³/mol. The van der Waals surface area contributed by atoms with Crippen LogP contribution in [-0.4, -0.2) is 32.8 Å². The Morgan fingerprint density at radius 1 is 1.45 bits per heavy atom. The largest absolute Gasteiger partial charge is 0.368 e. The second-order valence-electron chi connectivity index (χ2n) is 5.19. The van der Waals surface area contributed by atoms with Gasteiger partial charge in [0.15, 0.2) is 0 Å². The summed E-state index contributed by atoms with van der Waals surface area (Å²) in [5.41, 5.74) is 0.997. The van der Waals surface area contributed by atoms with Crippen molar-refractivity contribution in [3.05, 3.63) is 46.5 Å². The zero-order valence-electron chi connectivity index (χ0n) is 11.8. The average Bonchev–Trinajstić information content (AvgIpc) is 3.09. The maximum absolute atomic E-state index is 10.8. The summed E-state index contributed by atoms with van der Waals surface area (Å²) in [4.78, 5) is 16.4. The van der Waals surface area contributed by atoms with E-state index in [-0.39, 0.29) is 11.7 Å². The number of aromatic nitrogens is 3. The Kier molecular flexibility index (Phi) is 3.70. The Morgan fingerprint density at radius 3 is 3.00 bits per heavy atom. The first-order valence-electron chi connectivity index (χ1n) is 6.96. The molecule has 0 radical (unpaired) electrons. The Labute approximate surface area is 126 Å². The molecule has 0 unspecified atom stereocenters. The van der Waals surface area contributed by atoms with Gasteiger partial charge in [0.25, 0.3) is 5.69 Å². The fraction of sp³-hybridized carbons (Fsp3) is 0.357. The lowest BCUT2D eigenvalue weighted by Gasteiger charge is -2.34. The molecule has 1 atom stereocenters. The van der Waals surface area contributed by atoms with E-state index in [1.54, 1.807) is 12.4 Å². The lowest BCUT2D eigenvalue weighted by molar-refractivity contribution is -0.384. The third kappa shape index (κ3) is 2.61. The van der Waals surface area contributed by atoms with Crippen molar-refractivity contribution in [3.8, 4) is 6.07 Å². The van der Waals surface area contributed by atoms with Crippen LogP contribution in [0.2, 0.25) is 0 Å². The lowest BCUT2D eigenvalue weighted by Crippen LogP contribution is -2.37. The fourth-order valence-corrected chi connectivity index (χ4v) is 2.80. The molecule has 1 saturated heterocycles. The number of piperidine rings is 1. The minimum absolute atomic E-state index is 0.0647. The molecule has 2 heterocycles. The van der Waals surface area contributed by atoms with Crippen LogP contribution in [0.15, 0.2) is 30.9 Å². The number of nitro benzene ring substituents is 1. The maximum Gasteiger partial charge on any atom is 0.270 e. The predicted octanol–water partition coefficient (Wildman–Crippen LogP) is 1.90. The highest BCUT2D eigenvalue weighted by Crippen LogP contribution is 2.30. The Bertz CT molecular complexity index is 721. The minimum Gasteiger partial charge on any atom is -0.368 e. The van der Waals surface area contributed by atoms with Gasteiger partial charge in [-0.3, -0.25) is 10.1 Å². The second kappa shape index (κ2) is 5.81. The van der Waals surface area contributed by atoms with Crippen molar-refractivity contribution in [2.75, 3.05) is 18.0 Å². The molecule has 112 valence electrons. The van der Waals surface area contributed by atoms with Crippen LogP contribution in [0.5, 0.6) is 0 Å². The summed E-state index contributed by atoms with van der Waals surface area (Å²) in [7, 11) is 0. The smallest absolute Gasteiger partial charge is 0.270 e. The topological polar surface area (TPSA) is 101 Å². The van der Waals surface area contributed by atoms with E-state index in [2.05, 4.69) is 21.1 Å². The van der Waals surface area contributed by atoms with Crippen molar-refractivity contribution >= 4 is 11.4 Å². The molecular formula is C14H14N6O2. The van der Waals surface area contributed by atoms with E-state index >= 15 is 0 Å². The van der Waals surface area contributed by atoms with Crippen LogP contribution in [0.25, 0.3) is 0 Å². The number of rotatable bonds is 3. The van der Waals surface area contributed by atoms with Crippen molar-refractivity contribution < 1.29 is 4.92 Å². The normalized spacial score (nSPS) is 18.0. The van der Waals surface area contributed by atoms with E-state index in [9.17, 15) is 15.4 Å². The highest BCUT2D eigenvalue weighted by molar-refractivity contribution is 5.63. The van der Waals surface area contributed by atoms with Crippen molar-refractivity contribution in [3.63, 3.8) is 0 Å². The van der Waals surface area contributed by atoms with Crippen LogP contribution in [0.1, 0.15) is 24.4 Å². The highest BCUT2D eigenvalue weighted by Gasteiger charge is 2.24. The molecule has 1 fully saturated rings. The molecule has 1 aromatic carbocycles. The van der Waals surface area contributed by atoms with Crippen LogP contribution >= 0.6 is 0 Å². The van der Waals surface area contributed by atoms with E-state index in [4.69, 9.17) is 0 Å². The van der Waals surface area contributed by atoms with Crippen LogP contribution in [0.4, 0.5) is 11.4 Å². The molecule has 0 saturated carbocycles. The molecule has 8 heteroatoms. The molecule has 2 aromatic rings. The minimum atomic E-state index is -0.487. The monoisotopic (exact) mass is 298 g/mol. The molecule has 3 rings (SSSR count). The molecular weight excluding hydrogens is 284 g/mol. The highest BCUT2D eigenvalue weighted by atomic mass is 16.6. The fourth-order valence-electron chi connectivity index (χ4n) is 2.80. The third-order valence-corrected chi connectivity index (χ3v) is 3.86. The Hall–Kier alpha value is -2.95. The van der Waals surface area contributed by atoms with Gasteiger partial charge in [0.05, 0.1) is 22.2 Å². The summed E-state index contributed by atoms with van der Waals surface area (Å²) < 4.78 is 1.82. The van der Waals surface area contributed by atoms with E-state index in [1.165, 1.54) is 18.5 Å². The van der Waals surface area contributed by atoms with Gasteiger partial charge in [-0.25, -0.2) is 9.67 Å². The molecule has 22 heavy (non-hydrogen) atoms. The molecule has 0 bridgehead atoms. The summed E-state index contributed by atoms with van der Waals surface area (Å²) >= 11 is 0. The molecule has 0 amide bonds. The SMILES string of the molecule is N#Cc1cc([N+](=O)[O-])ccc1N1CCC[C@@H](n2cncn2)C1. The van der Waals surface area contributed by atoms with Gasteiger partial charge < -0.3 is 4.90 Å². The maximum atomic E-state index is 10.8. The standard InChI is InChI=1S/C14H14N6O2/c15-7-11-6-12(20(21)22)3-4-14(11)18-5-1-2-13(8-18)19-10-16-9-17-19/h3-4,6,9-10,13H,1-2,5,8H2/t13-/m1/s1. The van der Waals surface area contributed by atoms with Crippen molar-refractivity contribution in [1.29, 1.82) is 5.26 Å². The van der Waals surface area contributed by atoms with Crippen molar-refractivity contribution in [2.24, 2.45) is 0 Å². The second-order valence-corrected chi connectivity index (χ2v) is 5.19. The van der Waals surface area contributed by atoms with Crippen LogP contribution in [0.3, 0.4) is 0 Å². The molecule has 0 N–H and O–H groups in total. The molecule has 1 aliphatic rings. The molecule has 0 spiro atoms. The van der Waals surface area contributed by atoms with Gasteiger partial charge in [0.1, 0.15) is 18.7 Å².